The van der Waals surface area contributed by atoms with Gasteiger partial charge in [0, 0.05) is 19.2 Å². The topological polar surface area (TPSA) is 73.3 Å². The predicted octanol–water partition coefficient (Wildman–Crippen LogP) is -0.268. The average Bonchev–Trinajstić information content (AvgIpc) is 2.53. The molecule has 0 aliphatic carbocycles. The Kier molecular flexibility index (Phi) is 3.56. The van der Waals surface area contributed by atoms with Crippen LogP contribution in [0.3, 0.4) is 0 Å². The largest absolute Gasteiger partial charge is 0.479 e. The maximum Gasteiger partial charge on any atom is 0.254 e. The third-order valence-electron chi connectivity index (χ3n) is 1.37. The molecule has 68 valence electrons. The second-order valence-corrected chi connectivity index (χ2v) is 2.30. The summed E-state index contributed by atoms with van der Waals surface area (Å²) in [5.74, 6) is 1.25. The molecule has 0 fully saturated rings. The summed E-state index contributed by atoms with van der Waals surface area (Å²) in [5, 5.41) is 6.72. The van der Waals surface area contributed by atoms with Gasteiger partial charge >= 0.3 is 0 Å². The second-order valence-electron chi connectivity index (χ2n) is 2.30. The Labute approximate surface area is 70.9 Å². The second kappa shape index (κ2) is 4.74. The van der Waals surface area contributed by atoms with Crippen LogP contribution in [0.2, 0.25) is 0 Å². The smallest absolute Gasteiger partial charge is 0.254 e. The van der Waals surface area contributed by atoms with E-state index in [1.807, 2.05) is 0 Å². The van der Waals surface area contributed by atoms with Crippen LogP contribution >= 0.6 is 0 Å². The van der Waals surface area contributed by atoms with Gasteiger partial charge in [-0.25, -0.2) is 0 Å². The van der Waals surface area contributed by atoms with E-state index >= 15 is 0 Å². The molecular formula is C7H13N3O2. The number of hydrogen-bond acceptors (Lipinski definition) is 5. The summed E-state index contributed by atoms with van der Waals surface area (Å²) < 4.78 is 9.77. The van der Waals surface area contributed by atoms with Crippen molar-refractivity contribution in [2.45, 2.75) is 6.54 Å². The zero-order valence-electron chi connectivity index (χ0n) is 7.04. The van der Waals surface area contributed by atoms with Crippen molar-refractivity contribution in [1.29, 1.82) is 0 Å². The Morgan fingerprint density at radius 2 is 2.58 bits per heavy atom. The molecule has 5 nitrogen and oxygen atoms in total. The van der Waals surface area contributed by atoms with E-state index in [1.54, 1.807) is 13.2 Å². The monoisotopic (exact) mass is 171 g/mol. The number of rotatable bonds is 5. The number of ether oxygens (including phenoxy) is 1. The summed E-state index contributed by atoms with van der Waals surface area (Å²) in [6.45, 7) is 2.02. The summed E-state index contributed by atoms with van der Waals surface area (Å²) in [7, 11) is 1.55. The normalized spacial score (nSPS) is 10.2. The predicted molar refractivity (Wildman–Crippen MR) is 43.8 cm³/mol. The summed E-state index contributed by atoms with van der Waals surface area (Å²) >= 11 is 0. The number of aromatic nitrogens is 1. The lowest BCUT2D eigenvalue weighted by molar-refractivity contribution is 0.323. The van der Waals surface area contributed by atoms with Gasteiger partial charge in [0.05, 0.1) is 13.7 Å². The fourth-order valence-electron chi connectivity index (χ4n) is 0.787. The zero-order chi connectivity index (χ0) is 8.81. The lowest BCUT2D eigenvalue weighted by Gasteiger charge is -1.96. The lowest BCUT2D eigenvalue weighted by Crippen LogP contribution is -2.21. The van der Waals surface area contributed by atoms with E-state index < -0.39 is 0 Å². The van der Waals surface area contributed by atoms with Crippen LogP contribution in [-0.2, 0) is 6.54 Å². The molecule has 1 heterocycles. The number of hydrogen-bond donors (Lipinski definition) is 2. The van der Waals surface area contributed by atoms with Gasteiger partial charge < -0.3 is 20.3 Å². The number of nitrogens with one attached hydrogen (secondary N) is 1. The lowest BCUT2D eigenvalue weighted by atomic mass is 10.4. The first kappa shape index (κ1) is 9.02. The summed E-state index contributed by atoms with van der Waals surface area (Å²) in [4.78, 5) is 0. The van der Waals surface area contributed by atoms with Gasteiger partial charge in [0.25, 0.3) is 5.88 Å². The number of nitrogens with two attached hydrogens (primary N) is 1. The van der Waals surface area contributed by atoms with Crippen LogP contribution in [0, 0.1) is 0 Å². The molecule has 0 aliphatic rings. The molecule has 0 radical (unpaired) electrons. The van der Waals surface area contributed by atoms with E-state index in [-0.39, 0.29) is 0 Å². The molecule has 0 bridgehead atoms. The first-order valence-corrected chi connectivity index (χ1v) is 3.77. The van der Waals surface area contributed by atoms with E-state index in [1.165, 1.54) is 0 Å². The third-order valence-corrected chi connectivity index (χ3v) is 1.37. The first-order chi connectivity index (χ1) is 5.86. The molecule has 1 aromatic rings. The molecule has 0 saturated heterocycles. The van der Waals surface area contributed by atoms with Crippen LogP contribution in [0.15, 0.2) is 10.6 Å². The van der Waals surface area contributed by atoms with E-state index in [4.69, 9.17) is 15.0 Å². The highest BCUT2D eigenvalue weighted by Crippen LogP contribution is 2.09. The van der Waals surface area contributed by atoms with Gasteiger partial charge in [-0.3, -0.25) is 0 Å². The van der Waals surface area contributed by atoms with Crippen molar-refractivity contribution in [2.24, 2.45) is 5.73 Å². The Morgan fingerprint density at radius 3 is 3.17 bits per heavy atom. The zero-order valence-corrected chi connectivity index (χ0v) is 7.04. The van der Waals surface area contributed by atoms with Crippen molar-refractivity contribution in [3.05, 3.63) is 11.8 Å². The van der Waals surface area contributed by atoms with Gasteiger partial charge in [-0.1, -0.05) is 0 Å². The SMILES string of the molecule is COc1cc(CNCCN)on1. The van der Waals surface area contributed by atoms with Crippen molar-refractivity contribution in [3.8, 4) is 5.88 Å². The molecule has 5 heteroatoms. The van der Waals surface area contributed by atoms with E-state index in [9.17, 15) is 0 Å². The van der Waals surface area contributed by atoms with Crippen molar-refractivity contribution in [1.82, 2.24) is 10.5 Å². The Balaban J connectivity index is 2.31. The molecule has 0 saturated carbocycles. The van der Waals surface area contributed by atoms with Crippen molar-refractivity contribution >= 4 is 0 Å². The van der Waals surface area contributed by atoms with Crippen LogP contribution in [0.25, 0.3) is 0 Å². The van der Waals surface area contributed by atoms with Crippen LogP contribution in [0.4, 0.5) is 0 Å². The molecule has 0 aromatic carbocycles. The highest BCUT2D eigenvalue weighted by atomic mass is 16.5. The van der Waals surface area contributed by atoms with Crippen molar-refractivity contribution in [2.75, 3.05) is 20.2 Å². The minimum Gasteiger partial charge on any atom is -0.479 e. The van der Waals surface area contributed by atoms with Gasteiger partial charge in [0.2, 0.25) is 0 Å². The minimum atomic E-state index is 0.500. The number of nitrogens with zero attached hydrogens (tertiary/aromatic N) is 1. The standard InChI is InChI=1S/C7H13N3O2/c1-11-7-4-6(12-10-7)5-9-3-2-8/h4,9H,2-3,5,8H2,1H3. The van der Waals surface area contributed by atoms with Gasteiger partial charge in [-0.05, 0) is 5.16 Å². The summed E-state index contributed by atoms with van der Waals surface area (Å²) in [5.41, 5.74) is 5.29. The van der Waals surface area contributed by atoms with Crippen LogP contribution < -0.4 is 15.8 Å². The van der Waals surface area contributed by atoms with Crippen LogP contribution in [0.5, 0.6) is 5.88 Å². The molecule has 0 atom stereocenters. The minimum absolute atomic E-state index is 0.500. The Morgan fingerprint density at radius 1 is 1.75 bits per heavy atom. The van der Waals surface area contributed by atoms with Crippen molar-refractivity contribution in [3.63, 3.8) is 0 Å². The molecule has 3 N–H and O–H groups in total. The number of methoxy groups -OCH3 is 1. The van der Waals surface area contributed by atoms with Gasteiger partial charge in [-0.15, -0.1) is 0 Å². The van der Waals surface area contributed by atoms with Crippen molar-refractivity contribution < 1.29 is 9.26 Å². The third kappa shape index (κ3) is 2.52. The molecule has 1 aromatic heterocycles. The van der Waals surface area contributed by atoms with Gasteiger partial charge in [-0.2, -0.15) is 0 Å². The highest BCUT2D eigenvalue weighted by molar-refractivity contribution is 5.10. The molecule has 0 amide bonds. The van der Waals surface area contributed by atoms with E-state index in [2.05, 4.69) is 10.5 Å². The molecule has 1 rings (SSSR count). The van der Waals surface area contributed by atoms with Crippen LogP contribution in [-0.4, -0.2) is 25.4 Å². The average molecular weight is 171 g/mol. The molecule has 0 unspecified atom stereocenters. The maximum absolute atomic E-state index is 5.29. The van der Waals surface area contributed by atoms with Gasteiger partial charge in [0.1, 0.15) is 0 Å². The quantitative estimate of drug-likeness (QED) is 0.597. The van der Waals surface area contributed by atoms with Gasteiger partial charge in [0.15, 0.2) is 5.76 Å². The first-order valence-electron chi connectivity index (χ1n) is 3.77. The van der Waals surface area contributed by atoms with E-state index in [0.29, 0.717) is 19.0 Å². The van der Waals surface area contributed by atoms with Crippen LogP contribution in [0.1, 0.15) is 5.76 Å². The molecule has 12 heavy (non-hydrogen) atoms. The fourth-order valence-corrected chi connectivity index (χ4v) is 0.787. The van der Waals surface area contributed by atoms with E-state index in [0.717, 1.165) is 12.3 Å². The maximum atomic E-state index is 5.29. The Bertz CT molecular complexity index is 224. The summed E-state index contributed by atoms with van der Waals surface area (Å²) in [6.07, 6.45) is 0. The molecular weight excluding hydrogens is 158 g/mol. The summed E-state index contributed by atoms with van der Waals surface area (Å²) in [6, 6.07) is 1.74. The molecule has 0 aliphatic heterocycles. The highest BCUT2D eigenvalue weighted by Gasteiger charge is 2.01. The molecule has 0 spiro atoms. The Hall–Kier alpha value is -1.07. The fraction of sp³-hybridized carbons (Fsp3) is 0.571.